The number of hydrogen-bond donors (Lipinski definition) is 4. The van der Waals surface area contributed by atoms with E-state index in [4.69, 9.17) is 9.47 Å². The number of rotatable bonds is 12. The Hall–Kier alpha value is -4.12. The number of amides is 3. The minimum Gasteiger partial charge on any atom is -0.508 e. The first-order valence-electron chi connectivity index (χ1n) is 15.1. The van der Waals surface area contributed by atoms with E-state index < -0.39 is 65.7 Å². The molecule has 2 aromatic rings. The molecule has 0 heterocycles. The van der Waals surface area contributed by atoms with Crippen LogP contribution < -0.4 is 10.6 Å². The van der Waals surface area contributed by atoms with E-state index in [0.29, 0.717) is 11.1 Å². The number of phenolic OH excluding ortho intramolecular Hbond substituents is 1. The lowest BCUT2D eigenvalue weighted by Crippen LogP contribution is -2.56. The van der Waals surface area contributed by atoms with Crippen LogP contribution in [0.2, 0.25) is 0 Å². The third-order valence-corrected chi connectivity index (χ3v) is 6.62. The van der Waals surface area contributed by atoms with Gasteiger partial charge in [0.25, 0.3) is 0 Å². The number of hydrogen-bond acceptors (Lipinski definition) is 8. The number of alkyl carbamates (subject to hydrolysis) is 1. The number of carbonyl (C=O) groups is 4. The predicted molar refractivity (Wildman–Crippen MR) is 170 cm³/mol. The van der Waals surface area contributed by atoms with Crippen LogP contribution in [0.1, 0.15) is 78.1 Å². The third-order valence-electron chi connectivity index (χ3n) is 6.62. The molecule has 0 saturated heterocycles. The molecule has 0 fully saturated rings. The average molecular weight is 628 g/mol. The van der Waals surface area contributed by atoms with E-state index >= 15 is 0 Å². The van der Waals surface area contributed by atoms with Crippen LogP contribution in [-0.4, -0.2) is 75.4 Å². The van der Waals surface area contributed by atoms with Gasteiger partial charge in [-0.05, 0) is 83.2 Å². The number of aromatic hydroxyl groups is 1. The molecule has 2 aromatic carbocycles. The normalized spacial score (nSPS) is 13.8. The van der Waals surface area contributed by atoms with Crippen LogP contribution in [0.3, 0.4) is 0 Å². The first-order valence-corrected chi connectivity index (χ1v) is 15.1. The highest BCUT2D eigenvalue weighted by Gasteiger charge is 2.39. The number of ether oxygens (including phenoxy) is 2. The van der Waals surface area contributed by atoms with E-state index in [1.807, 2.05) is 30.3 Å². The quantitative estimate of drug-likeness (QED) is 0.256. The molecule has 3 unspecified atom stereocenters. The predicted octanol–water partition coefficient (Wildman–Crippen LogP) is 4.18. The van der Waals surface area contributed by atoms with E-state index in [1.54, 1.807) is 68.4 Å². The van der Waals surface area contributed by atoms with Crippen LogP contribution >= 0.6 is 0 Å². The molecule has 11 nitrogen and oxygen atoms in total. The van der Waals surface area contributed by atoms with Gasteiger partial charge in [-0.1, -0.05) is 50.2 Å². The summed E-state index contributed by atoms with van der Waals surface area (Å²) < 4.78 is 11.0. The van der Waals surface area contributed by atoms with Gasteiger partial charge >= 0.3 is 12.1 Å². The fraction of sp³-hybridized carbons (Fsp3) is 0.529. The molecule has 0 bridgehead atoms. The maximum absolute atomic E-state index is 14.3. The number of benzene rings is 2. The Bertz CT molecular complexity index is 1310. The Morgan fingerprint density at radius 3 is 2.00 bits per heavy atom. The Morgan fingerprint density at radius 2 is 1.49 bits per heavy atom. The number of esters is 1. The van der Waals surface area contributed by atoms with Crippen molar-refractivity contribution in [1.29, 1.82) is 0 Å². The highest BCUT2D eigenvalue weighted by molar-refractivity contribution is 5.94. The van der Waals surface area contributed by atoms with Gasteiger partial charge in [-0.2, -0.15) is 0 Å². The molecule has 0 aliphatic rings. The Labute approximate surface area is 266 Å². The fourth-order valence-corrected chi connectivity index (χ4v) is 4.59. The number of aryl methyl sites for hydroxylation is 1. The lowest BCUT2D eigenvalue weighted by atomic mass is 9.97. The van der Waals surface area contributed by atoms with Crippen LogP contribution in [-0.2, 0) is 30.3 Å². The number of aliphatic hydroxyl groups is 1. The second kappa shape index (κ2) is 15.7. The zero-order chi connectivity index (χ0) is 34.1. The topological polar surface area (TPSA) is 154 Å². The van der Waals surface area contributed by atoms with Gasteiger partial charge in [0.15, 0.2) is 0 Å². The Morgan fingerprint density at radius 1 is 0.889 bits per heavy atom. The SMILES string of the molecule is Cc1cc(C(C(=O)NC(Cc2ccccc2)C(=O)OC(C)(C)C)N(CCO)C(=O)C(NC(=O)OC(C)(C)C)C(C)C)ccc1O. The maximum atomic E-state index is 14.3. The van der Waals surface area contributed by atoms with Crippen LogP contribution in [0.25, 0.3) is 0 Å². The second-order valence-corrected chi connectivity index (χ2v) is 13.4. The van der Waals surface area contributed by atoms with Crippen LogP contribution in [0.15, 0.2) is 48.5 Å². The first kappa shape index (κ1) is 37.1. The van der Waals surface area contributed by atoms with Gasteiger partial charge in [0.2, 0.25) is 11.8 Å². The van der Waals surface area contributed by atoms with Gasteiger partial charge in [0, 0.05) is 13.0 Å². The highest BCUT2D eigenvalue weighted by atomic mass is 16.6. The van der Waals surface area contributed by atoms with Gasteiger partial charge < -0.3 is 35.2 Å². The van der Waals surface area contributed by atoms with Crippen molar-refractivity contribution in [2.24, 2.45) is 5.92 Å². The van der Waals surface area contributed by atoms with Gasteiger partial charge in [0.1, 0.15) is 35.1 Å². The molecule has 3 atom stereocenters. The van der Waals surface area contributed by atoms with Crippen molar-refractivity contribution >= 4 is 23.9 Å². The summed E-state index contributed by atoms with van der Waals surface area (Å²) >= 11 is 0. The van der Waals surface area contributed by atoms with Crippen molar-refractivity contribution in [3.05, 3.63) is 65.2 Å². The molecule has 3 amide bonds. The summed E-state index contributed by atoms with van der Waals surface area (Å²) in [5.41, 5.74) is -0.105. The first-order chi connectivity index (χ1) is 20.8. The van der Waals surface area contributed by atoms with Gasteiger partial charge in [-0.3, -0.25) is 9.59 Å². The Balaban J connectivity index is 2.60. The number of nitrogens with one attached hydrogen (secondary N) is 2. The van der Waals surface area contributed by atoms with Crippen molar-refractivity contribution in [1.82, 2.24) is 15.5 Å². The Kier molecular flexibility index (Phi) is 13.0. The standard InChI is InChI=1S/C34H49N3O8/c1-21(2)27(36-32(43)45-34(7,8)9)30(41)37(17-18-38)28(24-15-16-26(39)22(3)19-24)29(40)35-25(31(42)44-33(4,5)6)20-23-13-11-10-12-14-23/h10-16,19,21,25,27-28,38-39H,17-18,20H2,1-9H3,(H,35,40)(H,36,43). The van der Waals surface area contributed by atoms with Crippen molar-refractivity contribution < 1.29 is 38.9 Å². The lowest BCUT2D eigenvalue weighted by molar-refractivity contribution is -0.159. The molecule has 0 aliphatic carbocycles. The molecule has 11 heteroatoms. The maximum Gasteiger partial charge on any atom is 0.408 e. The fourth-order valence-electron chi connectivity index (χ4n) is 4.59. The zero-order valence-electron chi connectivity index (χ0n) is 27.8. The van der Waals surface area contributed by atoms with Crippen LogP contribution in [0, 0.1) is 12.8 Å². The van der Waals surface area contributed by atoms with E-state index in [1.165, 1.54) is 12.1 Å². The summed E-state index contributed by atoms with van der Waals surface area (Å²) in [6.07, 6.45) is -0.696. The zero-order valence-corrected chi connectivity index (χ0v) is 27.8. The molecular formula is C34H49N3O8. The summed E-state index contributed by atoms with van der Waals surface area (Å²) in [6, 6.07) is 9.97. The molecule has 248 valence electrons. The minimum absolute atomic E-state index is 0.0136. The summed E-state index contributed by atoms with van der Waals surface area (Å²) in [5.74, 6) is -2.46. The molecule has 45 heavy (non-hydrogen) atoms. The number of phenols is 1. The van der Waals surface area contributed by atoms with Gasteiger partial charge in [-0.25, -0.2) is 9.59 Å². The molecule has 4 N–H and O–H groups in total. The van der Waals surface area contributed by atoms with Crippen molar-refractivity contribution in [3.63, 3.8) is 0 Å². The largest absolute Gasteiger partial charge is 0.508 e. The minimum atomic E-state index is -1.36. The average Bonchev–Trinajstić information content (AvgIpc) is 2.91. The van der Waals surface area contributed by atoms with E-state index in [2.05, 4.69) is 10.6 Å². The van der Waals surface area contributed by atoms with Gasteiger partial charge in [0.05, 0.1) is 6.61 Å². The molecular weight excluding hydrogens is 578 g/mol. The van der Waals surface area contributed by atoms with E-state index in [-0.39, 0.29) is 18.7 Å². The number of nitrogens with zero attached hydrogens (tertiary/aromatic N) is 1. The number of aliphatic hydroxyl groups excluding tert-OH is 1. The molecule has 0 aromatic heterocycles. The summed E-state index contributed by atoms with van der Waals surface area (Å²) in [7, 11) is 0. The second-order valence-electron chi connectivity index (χ2n) is 13.4. The molecule has 0 saturated carbocycles. The summed E-state index contributed by atoms with van der Waals surface area (Å²) in [6.45, 7) is 14.6. The third kappa shape index (κ3) is 11.7. The monoisotopic (exact) mass is 627 g/mol. The summed E-state index contributed by atoms with van der Waals surface area (Å²) in [5, 5.41) is 25.7. The smallest absolute Gasteiger partial charge is 0.408 e. The highest BCUT2D eigenvalue weighted by Crippen LogP contribution is 2.28. The van der Waals surface area contributed by atoms with Crippen molar-refractivity contribution in [2.45, 2.75) is 98.1 Å². The summed E-state index contributed by atoms with van der Waals surface area (Å²) in [4.78, 5) is 55.7. The molecule has 0 spiro atoms. The molecule has 0 aliphatic heterocycles. The van der Waals surface area contributed by atoms with Gasteiger partial charge in [-0.15, -0.1) is 0 Å². The van der Waals surface area contributed by atoms with Crippen molar-refractivity contribution in [2.75, 3.05) is 13.2 Å². The van der Waals surface area contributed by atoms with Crippen LogP contribution in [0.4, 0.5) is 4.79 Å². The molecule has 2 rings (SSSR count). The van der Waals surface area contributed by atoms with Crippen molar-refractivity contribution in [3.8, 4) is 5.75 Å². The lowest BCUT2D eigenvalue weighted by Gasteiger charge is -2.36. The van der Waals surface area contributed by atoms with E-state index in [9.17, 15) is 29.4 Å². The number of carbonyl (C=O) groups excluding carboxylic acids is 4. The van der Waals surface area contributed by atoms with E-state index in [0.717, 1.165) is 10.5 Å². The molecule has 0 radical (unpaired) electrons. The van der Waals surface area contributed by atoms with Crippen LogP contribution in [0.5, 0.6) is 5.75 Å².